The molecule has 5 N–H and O–H groups in total. The molecule has 0 radical (unpaired) electrons. The van der Waals surface area contributed by atoms with Gasteiger partial charge in [-0.3, -0.25) is 0 Å². The van der Waals surface area contributed by atoms with Crippen molar-refractivity contribution in [3.8, 4) is 0 Å². The highest BCUT2D eigenvalue weighted by Crippen LogP contribution is 2.32. The minimum atomic E-state index is -5.33. The fourth-order valence-electron chi connectivity index (χ4n) is 1.33. The third kappa shape index (κ3) is 3.20. The van der Waals surface area contributed by atoms with E-state index in [0.29, 0.717) is 0 Å². The SMILES string of the molecule is N[C@H]1[C@H](OP(=O)([O-])[O-])O[C@H](CO)[C@H](O)[C@@H]1O. The molecule has 1 fully saturated rings. The molecule has 1 aliphatic heterocycles. The summed E-state index contributed by atoms with van der Waals surface area (Å²) in [4.78, 5) is 20.7. The zero-order valence-electron chi connectivity index (χ0n) is 8.00. The first-order valence-electron chi connectivity index (χ1n) is 4.34. The zero-order valence-corrected chi connectivity index (χ0v) is 8.90. The molecule has 0 aliphatic carbocycles. The third-order valence-corrected chi connectivity index (χ3v) is 2.63. The van der Waals surface area contributed by atoms with Gasteiger partial charge in [-0.2, -0.15) is 0 Å². The van der Waals surface area contributed by atoms with Crippen LogP contribution in [0, 0.1) is 0 Å². The van der Waals surface area contributed by atoms with Crippen LogP contribution in [0.25, 0.3) is 0 Å². The third-order valence-electron chi connectivity index (χ3n) is 2.16. The Balaban J connectivity index is 2.75. The summed E-state index contributed by atoms with van der Waals surface area (Å²) in [5.74, 6) is 0. The second-order valence-electron chi connectivity index (χ2n) is 3.34. The highest BCUT2D eigenvalue weighted by molar-refractivity contribution is 7.43. The summed E-state index contributed by atoms with van der Waals surface area (Å²) in [5.41, 5.74) is 5.30. The van der Waals surface area contributed by atoms with Gasteiger partial charge >= 0.3 is 0 Å². The molecule has 5 atom stereocenters. The molecule has 0 aromatic carbocycles. The number of hydrogen-bond donors (Lipinski definition) is 4. The molecule has 1 heterocycles. The number of rotatable bonds is 3. The highest BCUT2D eigenvalue weighted by Gasteiger charge is 2.43. The molecule has 0 amide bonds. The van der Waals surface area contributed by atoms with Crippen LogP contribution in [0.5, 0.6) is 0 Å². The molecule has 1 saturated heterocycles. The molecule has 0 saturated carbocycles. The van der Waals surface area contributed by atoms with Crippen LogP contribution in [0.2, 0.25) is 0 Å². The molecular formula is C6H12NO8P-2. The van der Waals surface area contributed by atoms with Crippen molar-refractivity contribution in [2.75, 3.05) is 6.61 Å². The van der Waals surface area contributed by atoms with Crippen molar-refractivity contribution in [1.29, 1.82) is 0 Å². The smallest absolute Gasteiger partial charge is 0.180 e. The van der Waals surface area contributed by atoms with Crippen LogP contribution in [-0.2, 0) is 13.8 Å². The van der Waals surface area contributed by atoms with Crippen LogP contribution in [0.1, 0.15) is 0 Å². The van der Waals surface area contributed by atoms with Crippen LogP contribution in [0.15, 0.2) is 0 Å². The average molecular weight is 257 g/mol. The Kier molecular flexibility index (Phi) is 4.41. The van der Waals surface area contributed by atoms with Crippen LogP contribution < -0.4 is 15.5 Å². The van der Waals surface area contributed by atoms with Gasteiger partial charge in [0.2, 0.25) is 0 Å². The standard InChI is InChI=1S/C6H14NO8P/c7-3-5(10)4(9)2(1-8)14-6(3)15-16(11,12)13/h2-6,8-10H,1,7H2,(H2,11,12,13)/p-2/t2-,3-,4+,5-,6+/m1/s1. The van der Waals surface area contributed by atoms with E-state index in [1.165, 1.54) is 0 Å². The summed E-state index contributed by atoms with van der Waals surface area (Å²) in [6, 6.07) is -1.41. The number of aliphatic hydroxyl groups excluding tert-OH is 3. The van der Waals surface area contributed by atoms with Crippen molar-refractivity contribution in [2.45, 2.75) is 30.6 Å². The zero-order chi connectivity index (χ0) is 12.5. The first-order valence-corrected chi connectivity index (χ1v) is 5.81. The van der Waals surface area contributed by atoms with Gasteiger partial charge in [-0.15, -0.1) is 0 Å². The largest absolute Gasteiger partial charge is 0.790 e. The van der Waals surface area contributed by atoms with E-state index in [2.05, 4.69) is 4.52 Å². The van der Waals surface area contributed by atoms with E-state index in [1.807, 2.05) is 0 Å². The number of ether oxygens (including phenoxy) is 1. The Labute approximate surface area is 90.6 Å². The van der Waals surface area contributed by atoms with Gasteiger partial charge in [-0.05, 0) is 0 Å². The van der Waals surface area contributed by atoms with Crippen molar-refractivity contribution >= 4 is 7.82 Å². The van der Waals surface area contributed by atoms with Gasteiger partial charge in [0.1, 0.15) is 18.3 Å². The molecule has 1 rings (SSSR count). The summed E-state index contributed by atoms with van der Waals surface area (Å²) >= 11 is 0. The van der Waals surface area contributed by atoms with E-state index < -0.39 is 45.1 Å². The van der Waals surface area contributed by atoms with Crippen molar-refractivity contribution in [3.05, 3.63) is 0 Å². The molecular weight excluding hydrogens is 245 g/mol. The van der Waals surface area contributed by atoms with Gasteiger partial charge in [-0.25, -0.2) is 0 Å². The maximum atomic E-state index is 10.3. The minimum Gasteiger partial charge on any atom is -0.790 e. The van der Waals surface area contributed by atoms with Crippen LogP contribution in [0.4, 0.5) is 0 Å². The topological polar surface area (TPSA) is 168 Å². The fourth-order valence-corrected chi connectivity index (χ4v) is 1.77. The first kappa shape index (κ1) is 14.0. The van der Waals surface area contributed by atoms with Crippen LogP contribution >= 0.6 is 7.82 Å². The van der Waals surface area contributed by atoms with Gasteiger partial charge in [0, 0.05) is 0 Å². The predicted molar refractivity (Wildman–Crippen MR) is 44.4 cm³/mol. The molecule has 96 valence electrons. The summed E-state index contributed by atoms with van der Waals surface area (Å²) in [6.07, 6.45) is -6.05. The Morgan fingerprint density at radius 3 is 2.38 bits per heavy atom. The van der Waals surface area contributed by atoms with E-state index >= 15 is 0 Å². The highest BCUT2D eigenvalue weighted by atomic mass is 31.2. The molecule has 0 aromatic heterocycles. The summed E-state index contributed by atoms with van der Waals surface area (Å²) in [7, 11) is -5.33. The fraction of sp³-hybridized carbons (Fsp3) is 1.00. The Hall–Kier alpha value is -0.0900. The van der Waals surface area contributed by atoms with Crippen LogP contribution in [0.3, 0.4) is 0 Å². The summed E-state index contributed by atoms with van der Waals surface area (Å²) in [5, 5.41) is 27.5. The van der Waals surface area contributed by atoms with Gasteiger partial charge in [-0.1, -0.05) is 0 Å². The second-order valence-corrected chi connectivity index (χ2v) is 4.44. The lowest BCUT2D eigenvalue weighted by Gasteiger charge is -2.43. The monoisotopic (exact) mass is 257 g/mol. The van der Waals surface area contributed by atoms with Crippen molar-refractivity contribution in [3.63, 3.8) is 0 Å². The number of nitrogens with two attached hydrogens (primary N) is 1. The molecule has 1 aliphatic rings. The minimum absolute atomic E-state index is 0.688. The maximum Gasteiger partial charge on any atom is 0.180 e. The Bertz CT molecular complexity index is 280. The predicted octanol–water partition coefficient (Wildman–Crippen LogP) is -4.40. The summed E-state index contributed by atoms with van der Waals surface area (Å²) in [6.45, 7) is -0.688. The van der Waals surface area contributed by atoms with Crippen molar-refractivity contribution in [2.24, 2.45) is 5.73 Å². The lowest BCUT2D eigenvalue weighted by atomic mass is 9.98. The Morgan fingerprint density at radius 1 is 1.38 bits per heavy atom. The molecule has 0 bridgehead atoms. The molecule has 0 spiro atoms. The van der Waals surface area contributed by atoms with E-state index in [1.54, 1.807) is 0 Å². The van der Waals surface area contributed by atoms with E-state index in [9.17, 15) is 24.6 Å². The number of phosphoric acid groups is 1. The Morgan fingerprint density at radius 2 is 1.94 bits per heavy atom. The average Bonchev–Trinajstić information content (AvgIpc) is 2.17. The molecule has 16 heavy (non-hydrogen) atoms. The molecule has 10 heteroatoms. The van der Waals surface area contributed by atoms with Gasteiger partial charge in [0.15, 0.2) is 6.29 Å². The van der Waals surface area contributed by atoms with Crippen LogP contribution in [-0.4, -0.2) is 52.6 Å². The summed E-state index contributed by atoms with van der Waals surface area (Å²) < 4.78 is 19.0. The van der Waals surface area contributed by atoms with Crippen molar-refractivity contribution in [1.82, 2.24) is 0 Å². The van der Waals surface area contributed by atoms with Gasteiger partial charge in [0.05, 0.1) is 20.5 Å². The van der Waals surface area contributed by atoms with E-state index in [-0.39, 0.29) is 0 Å². The molecule has 9 nitrogen and oxygen atoms in total. The molecule has 0 aromatic rings. The second kappa shape index (κ2) is 5.05. The van der Waals surface area contributed by atoms with E-state index in [4.69, 9.17) is 15.6 Å². The normalized spacial score (nSPS) is 41.0. The number of aliphatic hydroxyl groups is 3. The first-order chi connectivity index (χ1) is 7.26. The number of hydrogen-bond acceptors (Lipinski definition) is 9. The number of phosphoric ester groups is 1. The van der Waals surface area contributed by atoms with E-state index in [0.717, 1.165) is 0 Å². The van der Waals surface area contributed by atoms with Crippen molar-refractivity contribution < 1.29 is 38.9 Å². The lowest BCUT2D eigenvalue weighted by molar-refractivity contribution is -0.361. The molecule has 0 unspecified atom stereocenters. The lowest BCUT2D eigenvalue weighted by Crippen LogP contribution is -2.62. The van der Waals surface area contributed by atoms with Gasteiger partial charge in [0.25, 0.3) is 0 Å². The quantitative estimate of drug-likeness (QED) is 0.364. The maximum absolute atomic E-state index is 10.3. The van der Waals surface area contributed by atoms with Gasteiger partial charge < -0.3 is 44.7 Å².